The molecule has 1 unspecified atom stereocenters. The highest BCUT2D eigenvalue weighted by Gasteiger charge is 2.23. The minimum Gasteiger partial charge on any atom is -0.547 e. The van der Waals surface area contributed by atoms with Gasteiger partial charge in [0.1, 0.15) is 18.5 Å². The van der Waals surface area contributed by atoms with Crippen LogP contribution in [0.4, 0.5) is 11.4 Å². The maximum atomic E-state index is 11.2. The maximum absolute atomic E-state index is 11.2. The number of benzene rings is 3. The standard InChI is InChI=1S/C25H25NO5/c1-2-29-24(25(27)28)17-18-11-13-19(14-12-18)30-16-15-26-20-7-3-5-9-22(20)31-23-10-6-4-8-21(23)26/h3-14,24H,2,15-17H2,1H3,(H,27,28)/p-1. The zero-order valence-corrected chi connectivity index (χ0v) is 17.3. The van der Waals surface area contributed by atoms with Crippen molar-refractivity contribution in [1.82, 2.24) is 0 Å². The number of ether oxygens (including phenoxy) is 3. The number of carboxylic acids is 1. The number of carbonyl (C=O) groups excluding carboxylic acids is 1. The predicted octanol–water partition coefficient (Wildman–Crippen LogP) is 3.71. The number of nitrogens with zero attached hydrogens (tertiary/aromatic N) is 1. The Balaban J connectivity index is 1.39. The molecule has 6 nitrogen and oxygen atoms in total. The third-order valence-corrected chi connectivity index (χ3v) is 5.09. The van der Waals surface area contributed by atoms with Gasteiger partial charge in [-0.05, 0) is 48.9 Å². The van der Waals surface area contributed by atoms with E-state index in [2.05, 4.69) is 4.90 Å². The van der Waals surface area contributed by atoms with E-state index in [1.807, 2.05) is 72.8 Å². The lowest BCUT2D eigenvalue weighted by atomic mass is 10.1. The minimum absolute atomic E-state index is 0.262. The zero-order chi connectivity index (χ0) is 21.6. The summed E-state index contributed by atoms with van der Waals surface area (Å²) in [6.45, 7) is 3.21. The Morgan fingerprint density at radius 3 is 2.16 bits per heavy atom. The lowest BCUT2D eigenvalue weighted by molar-refractivity contribution is -0.316. The lowest BCUT2D eigenvalue weighted by Crippen LogP contribution is -2.39. The van der Waals surface area contributed by atoms with Crippen LogP contribution in [0.5, 0.6) is 17.2 Å². The second-order valence-electron chi connectivity index (χ2n) is 7.15. The summed E-state index contributed by atoms with van der Waals surface area (Å²) in [5.41, 5.74) is 2.86. The number of anilines is 2. The summed E-state index contributed by atoms with van der Waals surface area (Å²) < 4.78 is 17.2. The molecule has 4 rings (SSSR count). The van der Waals surface area contributed by atoms with Crippen LogP contribution in [0.25, 0.3) is 0 Å². The van der Waals surface area contributed by atoms with Crippen LogP contribution in [0.1, 0.15) is 12.5 Å². The van der Waals surface area contributed by atoms with Crippen molar-refractivity contribution in [3.8, 4) is 17.2 Å². The number of hydrogen-bond donors (Lipinski definition) is 0. The molecule has 1 heterocycles. The lowest BCUT2D eigenvalue weighted by Gasteiger charge is -2.32. The first-order valence-corrected chi connectivity index (χ1v) is 10.3. The fraction of sp³-hybridized carbons (Fsp3) is 0.240. The number of carboxylic acid groups (broad SMARTS) is 1. The van der Waals surface area contributed by atoms with Crippen LogP contribution in [0.2, 0.25) is 0 Å². The van der Waals surface area contributed by atoms with Crippen LogP contribution < -0.4 is 19.5 Å². The first-order chi connectivity index (χ1) is 15.2. The van der Waals surface area contributed by atoms with E-state index >= 15 is 0 Å². The predicted molar refractivity (Wildman–Crippen MR) is 116 cm³/mol. The van der Waals surface area contributed by atoms with Crippen LogP contribution in [0, 0.1) is 0 Å². The Morgan fingerprint density at radius 1 is 0.968 bits per heavy atom. The summed E-state index contributed by atoms with van der Waals surface area (Å²) in [5.74, 6) is 1.16. The fourth-order valence-electron chi connectivity index (χ4n) is 3.62. The molecule has 31 heavy (non-hydrogen) atoms. The Hall–Kier alpha value is -3.51. The molecule has 6 heteroatoms. The van der Waals surface area contributed by atoms with Crippen molar-refractivity contribution in [3.05, 3.63) is 78.4 Å². The van der Waals surface area contributed by atoms with Crippen LogP contribution in [0.3, 0.4) is 0 Å². The third-order valence-electron chi connectivity index (χ3n) is 5.09. The molecule has 160 valence electrons. The van der Waals surface area contributed by atoms with Gasteiger partial charge in [0.15, 0.2) is 11.5 Å². The molecule has 1 atom stereocenters. The normalized spacial score (nSPS) is 13.0. The fourth-order valence-corrected chi connectivity index (χ4v) is 3.62. The smallest absolute Gasteiger partial charge is 0.151 e. The number of rotatable bonds is 9. The Kier molecular flexibility index (Phi) is 6.38. The van der Waals surface area contributed by atoms with Crippen molar-refractivity contribution in [2.75, 3.05) is 24.7 Å². The van der Waals surface area contributed by atoms with E-state index in [1.165, 1.54) is 0 Å². The summed E-state index contributed by atoms with van der Waals surface area (Å²) in [6, 6.07) is 23.3. The molecule has 0 spiro atoms. The van der Waals surface area contributed by atoms with Gasteiger partial charge in [0.25, 0.3) is 0 Å². The van der Waals surface area contributed by atoms with E-state index in [1.54, 1.807) is 6.92 Å². The quantitative estimate of drug-likeness (QED) is 0.528. The second-order valence-corrected chi connectivity index (χ2v) is 7.15. The van der Waals surface area contributed by atoms with Crippen molar-refractivity contribution in [3.63, 3.8) is 0 Å². The highest BCUT2D eigenvalue weighted by molar-refractivity contribution is 5.77. The number of hydrogen-bond acceptors (Lipinski definition) is 6. The summed E-state index contributed by atoms with van der Waals surface area (Å²) in [6.07, 6.45) is -0.684. The molecule has 3 aromatic rings. The zero-order valence-electron chi connectivity index (χ0n) is 17.3. The molecule has 0 bridgehead atoms. The molecule has 0 fully saturated rings. The van der Waals surface area contributed by atoms with Crippen molar-refractivity contribution in [2.45, 2.75) is 19.4 Å². The first-order valence-electron chi connectivity index (χ1n) is 10.3. The van der Waals surface area contributed by atoms with Gasteiger partial charge in [-0.2, -0.15) is 0 Å². The number of aliphatic carboxylic acids is 1. The van der Waals surface area contributed by atoms with Crippen LogP contribution in [-0.4, -0.2) is 31.8 Å². The van der Waals surface area contributed by atoms with E-state index < -0.39 is 12.1 Å². The van der Waals surface area contributed by atoms with Gasteiger partial charge in [0, 0.05) is 13.0 Å². The molecule has 0 aromatic heterocycles. The van der Waals surface area contributed by atoms with Gasteiger partial charge >= 0.3 is 0 Å². The molecule has 0 N–H and O–H groups in total. The summed E-state index contributed by atoms with van der Waals surface area (Å²) in [4.78, 5) is 13.3. The average molecular weight is 418 g/mol. The van der Waals surface area contributed by atoms with E-state index in [9.17, 15) is 9.90 Å². The van der Waals surface area contributed by atoms with Crippen molar-refractivity contribution in [2.24, 2.45) is 0 Å². The average Bonchev–Trinajstić information content (AvgIpc) is 2.79. The van der Waals surface area contributed by atoms with Crippen molar-refractivity contribution in [1.29, 1.82) is 0 Å². The van der Waals surface area contributed by atoms with Gasteiger partial charge in [0.05, 0.1) is 23.9 Å². The largest absolute Gasteiger partial charge is 0.547 e. The molecule has 1 aliphatic heterocycles. The number of carbonyl (C=O) groups is 1. The monoisotopic (exact) mass is 418 g/mol. The highest BCUT2D eigenvalue weighted by atomic mass is 16.5. The van der Waals surface area contributed by atoms with Gasteiger partial charge in [0.2, 0.25) is 0 Å². The van der Waals surface area contributed by atoms with E-state index in [4.69, 9.17) is 14.2 Å². The molecule has 3 aromatic carbocycles. The molecule has 0 aliphatic carbocycles. The molecule has 0 saturated heterocycles. The van der Waals surface area contributed by atoms with E-state index in [0.29, 0.717) is 19.8 Å². The van der Waals surface area contributed by atoms with Gasteiger partial charge in [-0.1, -0.05) is 36.4 Å². The molecular formula is C25H24NO5-. The van der Waals surface area contributed by atoms with Gasteiger partial charge in [-0.3, -0.25) is 0 Å². The van der Waals surface area contributed by atoms with Crippen LogP contribution in [-0.2, 0) is 16.0 Å². The maximum Gasteiger partial charge on any atom is 0.151 e. The Morgan fingerprint density at radius 2 is 1.58 bits per heavy atom. The SMILES string of the molecule is CCOC(Cc1ccc(OCCN2c3ccccc3Oc3ccccc32)cc1)C(=O)[O-]. The summed E-state index contributed by atoms with van der Waals surface area (Å²) in [5, 5.41) is 11.2. The van der Waals surface area contributed by atoms with Crippen molar-refractivity contribution >= 4 is 17.3 Å². The summed E-state index contributed by atoms with van der Waals surface area (Å²) in [7, 11) is 0. The number of fused-ring (bicyclic) bond motifs is 2. The Bertz CT molecular complexity index is 989. The molecule has 0 amide bonds. The van der Waals surface area contributed by atoms with Gasteiger partial charge < -0.3 is 29.0 Å². The van der Waals surface area contributed by atoms with E-state index in [-0.39, 0.29) is 6.42 Å². The molecule has 0 radical (unpaired) electrons. The molecular weight excluding hydrogens is 394 g/mol. The third kappa shape index (κ3) is 4.81. The second kappa shape index (κ2) is 9.53. The van der Waals surface area contributed by atoms with Crippen LogP contribution in [0.15, 0.2) is 72.8 Å². The Labute approximate surface area is 181 Å². The highest BCUT2D eigenvalue weighted by Crippen LogP contribution is 2.45. The minimum atomic E-state index is -1.20. The van der Waals surface area contributed by atoms with Gasteiger partial charge in [-0.15, -0.1) is 0 Å². The first kappa shape index (κ1) is 20.8. The topological polar surface area (TPSA) is 71.1 Å². The van der Waals surface area contributed by atoms with Crippen molar-refractivity contribution < 1.29 is 24.1 Å². The molecule has 1 aliphatic rings. The number of para-hydroxylation sites is 4. The van der Waals surface area contributed by atoms with Gasteiger partial charge in [-0.25, -0.2) is 0 Å². The van der Waals surface area contributed by atoms with Crippen LogP contribution >= 0.6 is 0 Å². The summed E-state index contributed by atoms with van der Waals surface area (Å²) >= 11 is 0. The molecule has 0 saturated carbocycles. The van der Waals surface area contributed by atoms with E-state index in [0.717, 1.165) is 34.2 Å².